The first kappa shape index (κ1) is 25.5. The van der Waals surface area contributed by atoms with Crippen molar-refractivity contribution in [1.82, 2.24) is 0 Å². The second kappa shape index (κ2) is 12.4. The largest absolute Gasteiger partial charge is 0.494 e. The van der Waals surface area contributed by atoms with Crippen molar-refractivity contribution in [1.29, 1.82) is 0 Å². The Bertz CT molecular complexity index is 1200. The predicted molar refractivity (Wildman–Crippen MR) is 142 cm³/mol. The van der Waals surface area contributed by atoms with E-state index < -0.39 is 6.10 Å². The highest BCUT2D eigenvalue weighted by Gasteiger charge is 2.23. The summed E-state index contributed by atoms with van der Waals surface area (Å²) in [6.45, 7) is 7.73. The van der Waals surface area contributed by atoms with Crippen molar-refractivity contribution in [3.05, 3.63) is 89.5 Å². The monoisotopic (exact) mass is 486 g/mol. The Morgan fingerprint density at radius 3 is 2.25 bits per heavy atom. The summed E-state index contributed by atoms with van der Waals surface area (Å²) in [6.07, 6.45) is 2.99. The lowest BCUT2D eigenvalue weighted by atomic mass is 10.0. The summed E-state index contributed by atoms with van der Waals surface area (Å²) in [5.41, 5.74) is 6.98. The van der Waals surface area contributed by atoms with Crippen molar-refractivity contribution < 1.29 is 23.7 Å². The second-order valence-electron chi connectivity index (χ2n) is 8.57. The van der Waals surface area contributed by atoms with Crippen LogP contribution in [0.3, 0.4) is 0 Å². The van der Waals surface area contributed by atoms with Crippen LogP contribution < -0.4 is 9.47 Å². The van der Waals surface area contributed by atoms with Gasteiger partial charge in [-0.05, 0) is 84.0 Å². The zero-order valence-electron chi connectivity index (χ0n) is 21.3. The summed E-state index contributed by atoms with van der Waals surface area (Å²) in [4.78, 5) is 12.1. The van der Waals surface area contributed by atoms with E-state index in [1.54, 1.807) is 6.92 Å². The van der Waals surface area contributed by atoms with E-state index in [4.69, 9.17) is 18.9 Å². The predicted octanol–water partition coefficient (Wildman–Crippen LogP) is 6.48. The van der Waals surface area contributed by atoms with Gasteiger partial charge in [0.05, 0.1) is 13.2 Å². The van der Waals surface area contributed by atoms with E-state index in [1.807, 2.05) is 37.3 Å². The third kappa shape index (κ3) is 5.97. The molecular formula is C31H34O5. The van der Waals surface area contributed by atoms with Crippen molar-refractivity contribution in [3.8, 4) is 22.6 Å². The fourth-order valence-electron chi connectivity index (χ4n) is 4.41. The highest BCUT2D eigenvalue weighted by Crippen LogP contribution is 2.45. The number of hydrogen-bond donors (Lipinski definition) is 0. The Morgan fingerprint density at radius 1 is 0.806 bits per heavy atom. The average Bonchev–Trinajstić information content (AvgIpc) is 3.21. The molecule has 1 aliphatic rings. The van der Waals surface area contributed by atoms with Gasteiger partial charge in [0.25, 0.3) is 0 Å². The lowest BCUT2D eigenvalue weighted by Gasteiger charge is -2.15. The first-order valence-electron chi connectivity index (χ1n) is 12.7. The molecule has 1 aliphatic carbocycles. The van der Waals surface area contributed by atoms with E-state index >= 15 is 0 Å². The molecule has 3 aromatic rings. The van der Waals surface area contributed by atoms with Crippen LogP contribution >= 0.6 is 0 Å². The van der Waals surface area contributed by atoms with Crippen LogP contribution in [0.5, 0.6) is 11.5 Å². The summed E-state index contributed by atoms with van der Waals surface area (Å²) in [6, 6.07) is 22.5. The van der Waals surface area contributed by atoms with E-state index in [0.29, 0.717) is 32.8 Å². The molecule has 1 atom stereocenters. The molecule has 3 aromatic carbocycles. The van der Waals surface area contributed by atoms with E-state index in [1.165, 1.54) is 27.8 Å². The number of rotatable bonds is 12. The maximum atomic E-state index is 12.1. The molecule has 0 amide bonds. The Hall–Kier alpha value is -3.57. The smallest absolute Gasteiger partial charge is 0.335 e. The van der Waals surface area contributed by atoms with Crippen LogP contribution in [0.25, 0.3) is 16.7 Å². The Labute approximate surface area is 213 Å². The van der Waals surface area contributed by atoms with Crippen LogP contribution in [-0.4, -0.2) is 38.5 Å². The molecular weight excluding hydrogens is 452 g/mol. The van der Waals surface area contributed by atoms with E-state index in [2.05, 4.69) is 49.4 Å². The van der Waals surface area contributed by atoms with Crippen molar-refractivity contribution in [2.24, 2.45) is 0 Å². The Kier molecular flexibility index (Phi) is 8.80. The van der Waals surface area contributed by atoms with Gasteiger partial charge >= 0.3 is 5.97 Å². The van der Waals surface area contributed by atoms with Gasteiger partial charge in [-0.3, -0.25) is 0 Å². The van der Waals surface area contributed by atoms with Gasteiger partial charge in [-0.2, -0.15) is 0 Å². The maximum absolute atomic E-state index is 12.1. The third-order valence-electron chi connectivity index (χ3n) is 6.06. The maximum Gasteiger partial charge on any atom is 0.335 e. The highest BCUT2D eigenvalue weighted by atomic mass is 16.6. The first-order valence-corrected chi connectivity index (χ1v) is 12.7. The number of esters is 1. The van der Waals surface area contributed by atoms with Crippen molar-refractivity contribution in [3.63, 3.8) is 0 Å². The van der Waals surface area contributed by atoms with Gasteiger partial charge in [0.15, 0.2) is 6.10 Å². The molecule has 0 N–H and O–H groups in total. The van der Waals surface area contributed by atoms with Gasteiger partial charge in [0.2, 0.25) is 0 Å². The topological polar surface area (TPSA) is 54.0 Å². The number of carbonyl (C=O) groups excluding carboxylic acids is 1. The van der Waals surface area contributed by atoms with E-state index in [0.717, 1.165) is 23.5 Å². The fourth-order valence-corrected chi connectivity index (χ4v) is 4.41. The van der Waals surface area contributed by atoms with Gasteiger partial charge in [-0.1, -0.05) is 49.4 Å². The molecule has 4 rings (SSSR count). The Balaban J connectivity index is 1.44. The van der Waals surface area contributed by atoms with E-state index in [9.17, 15) is 4.79 Å². The summed E-state index contributed by atoms with van der Waals surface area (Å²) in [7, 11) is 0. The molecule has 0 heterocycles. The minimum atomic E-state index is -0.596. The molecule has 36 heavy (non-hydrogen) atoms. The molecule has 5 nitrogen and oxygen atoms in total. The lowest BCUT2D eigenvalue weighted by Crippen LogP contribution is -2.28. The zero-order chi connectivity index (χ0) is 25.3. The molecule has 5 heteroatoms. The molecule has 0 radical (unpaired) electrons. The van der Waals surface area contributed by atoms with Crippen molar-refractivity contribution in [2.75, 3.05) is 26.4 Å². The van der Waals surface area contributed by atoms with Crippen LogP contribution in [0, 0.1) is 0 Å². The Morgan fingerprint density at radius 2 is 1.53 bits per heavy atom. The summed E-state index contributed by atoms with van der Waals surface area (Å²) in [5.74, 6) is 1.35. The fraction of sp³-hybridized carbons (Fsp3) is 0.323. The van der Waals surface area contributed by atoms with E-state index in [-0.39, 0.29) is 5.97 Å². The van der Waals surface area contributed by atoms with Crippen LogP contribution in [0.1, 0.15) is 43.9 Å². The van der Waals surface area contributed by atoms with Crippen LogP contribution in [0.4, 0.5) is 0 Å². The quantitative estimate of drug-likeness (QED) is 0.215. The van der Waals surface area contributed by atoms with Crippen LogP contribution in [0.2, 0.25) is 0 Å². The molecule has 1 unspecified atom stereocenters. The molecule has 188 valence electrons. The van der Waals surface area contributed by atoms with Crippen molar-refractivity contribution in [2.45, 2.75) is 39.7 Å². The molecule has 0 saturated carbocycles. The molecule has 0 aromatic heterocycles. The number of hydrogen-bond acceptors (Lipinski definition) is 5. The van der Waals surface area contributed by atoms with Gasteiger partial charge in [-0.25, -0.2) is 4.79 Å². The third-order valence-corrected chi connectivity index (χ3v) is 6.06. The summed E-state index contributed by atoms with van der Waals surface area (Å²) < 4.78 is 22.6. The van der Waals surface area contributed by atoms with Crippen LogP contribution in [0.15, 0.2) is 72.8 Å². The van der Waals surface area contributed by atoms with Gasteiger partial charge in [0.1, 0.15) is 18.1 Å². The number of fused-ring (bicyclic) bond motifs is 3. The highest BCUT2D eigenvalue weighted by molar-refractivity contribution is 6.01. The number of ether oxygens (including phenoxy) is 4. The van der Waals surface area contributed by atoms with Crippen LogP contribution in [-0.2, 0) is 20.7 Å². The molecule has 0 fully saturated rings. The van der Waals surface area contributed by atoms with Gasteiger partial charge in [0, 0.05) is 13.0 Å². The minimum Gasteiger partial charge on any atom is -0.494 e. The first-order chi connectivity index (χ1) is 17.6. The van der Waals surface area contributed by atoms with Crippen molar-refractivity contribution >= 4 is 11.5 Å². The second-order valence-corrected chi connectivity index (χ2v) is 8.57. The van der Waals surface area contributed by atoms with Gasteiger partial charge < -0.3 is 18.9 Å². The molecule has 0 aliphatic heterocycles. The molecule has 0 bridgehead atoms. The zero-order valence-corrected chi connectivity index (χ0v) is 21.3. The van der Waals surface area contributed by atoms with Gasteiger partial charge in [-0.15, -0.1) is 0 Å². The molecule has 0 saturated heterocycles. The molecule has 0 spiro atoms. The number of benzene rings is 3. The SMILES string of the molecule is CCCOc1ccc2c(c1)-c1ccccc1/C2=C\COc1ccc(CC(OCC)C(=O)OCC)cc1. The normalized spacial score (nSPS) is 13.7. The average molecular weight is 487 g/mol. The minimum absolute atomic E-state index is 0.326. The summed E-state index contributed by atoms with van der Waals surface area (Å²) in [5, 5.41) is 0. The number of carbonyl (C=O) groups is 1. The summed E-state index contributed by atoms with van der Waals surface area (Å²) >= 11 is 0. The standard InChI is InChI=1S/C31H34O5/c1-4-18-35-24-15-16-27-28(25-9-7-8-10-26(25)29(27)21-24)17-19-36-23-13-11-22(12-14-23)20-30(33-5-2)31(32)34-6-3/h7-17,21,30H,4-6,18-20H2,1-3H3/b28-17+. The lowest BCUT2D eigenvalue weighted by molar-refractivity contribution is -0.156.